The van der Waals surface area contributed by atoms with Gasteiger partial charge in [-0.2, -0.15) is 0 Å². The molecule has 0 saturated heterocycles. The minimum Gasteiger partial charge on any atom is -0.373 e. The topological polar surface area (TPSA) is 63.6 Å². The molecule has 0 atom stereocenters. The average Bonchev–Trinajstić information content (AvgIpc) is 2.30. The van der Waals surface area contributed by atoms with E-state index in [4.69, 9.17) is 0 Å². The molecule has 6 heteroatoms. The van der Waals surface area contributed by atoms with E-state index in [1.165, 1.54) is 11.8 Å². The maximum Gasteiger partial charge on any atom is 0.194 e. The van der Waals surface area contributed by atoms with E-state index < -0.39 is 0 Å². The Morgan fingerprint density at radius 1 is 1.06 bits per heavy atom. The molecule has 0 aromatic carbocycles. The quantitative estimate of drug-likeness (QED) is 0.676. The first-order valence-corrected chi connectivity index (χ1v) is 6.41. The maximum atomic E-state index is 4.40. The summed E-state index contributed by atoms with van der Waals surface area (Å²) in [6.45, 7) is 5.91. The van der Waals surface area contributed by atoms with E-state index in [0.29, 0.717) is 0 Å². The van der Waals surface area contributed by atoms with Crippen molar-refractivity contribution in [3.8, 4) is 0 Å². The molecule has 0 bridgehead atoms. The van der Waals surface area contributed by atoms with Gasteiger partial charge < -0.3 is 5.32 Å². The van der Waals surface area contributed by atoms with Crippen molar-refractivity contribution >= 4 is 17.6 Å². The Morgan fingerprint density at radius 3 is 2.33 bits per heavy atom. The molecule has 0 aliphatic rings. The fraction of sp³-hybridized carbons (Fsp3) is 0.333. The fourth-order valence-corrected chi connectivity index (χ4v) is 2.52. The van der Waals surface area contributed by atoms with Crippen molar-refractivity contribution < 1.29 is 0 Å². The van der Waals surface area contributed by atoms with Crippen LogP contribution in [0, 0.1) is 20.8 Å². The van der Waals surface area contributed by atoms with Crippen LogP contribution < -0.4 is 5.32 Å². The van der Waals surface area contributed by atoms with E-state index in [1.54, 1.807) is 6.33 Å². The second kappa shape index (κ2) is 5.30. The van der Waals surface area contributed by atoms with Crippen LogP contribution in [0.1, 0.15) is 17.0 Å². The summed E-state index contributed by atoms with van der Waals surface area (Å²) in [5.74, 6) is 0.830. The lowest BCUT2D eigenvalue weighted by Gasteiger charge is -2.08. The third-order valence-electron chi connectivity index (χ3n) is 2.42. The molecular weight excluding hydrogens is 246 g/mol. The van der Waals surface area contributed by atoms with Gasteiger partial charge in [-0.25, -0.2) is 19.9 Å². The lowest BCUT2D eigenvalue weighted by Crippen LogP contribution is -1.99. The van der Waals surface area contributed by atoms with Gasteiger partial charge in [-0.1, -0.05) is 0 Å². The van der Waals surface area contributed by atoms with Crippen molar-refractivity contribution in [2.75, 3.05) is 12.4 Å². The Labute approximate surface area is 110 Å². The predicted molar refractivity (Wildman–Crippen MR) is 71.9 cm³/mol. The molecule has 1 N–H and O–H groups in total. The van der Waals surface area contributed by atoms with Crippen LogP contribution in [0.3, 0.4) is 0 Å². The average molecular weight is 261 g/mol. The van der Waals surface area contributed by atoms with Gasteiger partial charge in [0.05, 0.1) is 0 Å². The standard InChI is InChI=1S/C12H15N5S/c1-7-5-8(2)17-12(16-7)18-11-9(3)10(13-4)14-6-15-11/h5-6H,1-4H3,(H,13,14,15). The molecule has 0 aliphatic carbocycles. The molecule has 2 rings (SSSR count). The van der Waals surface area contributed by atoms with E-state index >= 15 is 0 Å². The molecule has 2 aromatic rings. The molecule has 0 fully saturated rings. The van der Waals surface area contributed by atoms with Gasteiger partial charge in [-0.3, -0.25) is 0 Å². The van der Waals surface area contributed by atoms with Crippen LogP contribution >= 0.6 is 11.8 Å². The zero-order chi connectivity index (χ0) is 13.1. The van der Waals surface area contributed by atoms with Crippen molar-refractivity contribution in [1.29, 1.82) is 0 Å². The number of hydrogen-bond acceptors (Lipinski definition) is 6. The number of nitrogens with one attached hydrogen (secondary N) is 1. The molecule has 0 aliphatic heterocycles. The lowest BCUT2D eigenvalue weighted by atomic mass is 10.3. The summed E-state index contributed by atoms with van der Waals surface area (Å²) in [5.41, 5.74) is 2.93. The molecule has 0 unspecified atom stereocenters. The highest BCUT2D eigenvalue weighted by Gasteiger charge is 2.09. The van der Waals surface area contributed by atoms with Crippen LogP contribution in [0.2, 0.25) is 0 Å². The summed E-state index contributed by atoms with van der Waals surface area (Å²) in [6, 6.07) is 1.95. The summed E-state index contributed by atoms with van der Waals surface area (Å²) in [6.07, 6.45) is 1.55. The number of hydrogen-bond donors (Lipinski definition) is 1. The first-order chi connectivity index (χ1) is 8.60. The molecule has 0 amide bonds. The summed E-state index contributed by atoms with van der Waals surface area (Å²) < 4.78 is 0. The van der Waals surface area contributed by atoms with Gasteiger partial charge in [-0.05, 0) is 38.6 Å². The molecule has 18 heavy (non-hydrogen) atoms. The van der Waals surface area contributed by atoms with Gasteiger partial charge in [-0.15, -0.1) is 0 Å². The van der Waals surface area contributed by atoms with Crippen LogP contribution in [-0.4, -0.2) is 27.0 Å². The van der Waals surface area contributed by atoms with Crippen LogP contribution in [-0.2, 0) is 0 Å². The minimum atomic E-state index is 0.719. The zero-order valence-electron chi connectivity index (χ0n) is 10.9. The SMILES string of the molecule is CNc1ncnc(Sc2nc(C)cc(C)n2)c1C. The molecule has 94 valence electrons. The fourth-order valence-electron chi connectivity index (χ4n) is 1.61. The summed E-state index contributed by atoms with van der Waals surface area (Å²) >= 11 is 1.46. The third kappa shape index (κ3) is 2.76. The first-order valence-electron chi connectivity index (χ1n) is 5.59. The Hall–Kier alpha value is -1.69. The molecule has 2 aromatic heterocycles. The van der Waals surface area contributed by atoms with Crippen molar-refractivity contribution in [1.82, 2.24) is 19.9 Å². The second-order valence-corrected chi connectivity index (χ2v) is 4.89. The molecular formula is C12H15N5S. The van der Waals surface area contributed by atoms with E-state index in [1.807, 2.05) is 33.9 Å². The number of aryl methyl sites for hydroxylation is 2. The summed E-state index contributed by atoms with van der Waals surface area (Å²) in [7, 11) is 1.84. The van der Waals surface area contributed by atoms with Crippen LogP contribution in [0.5, 0.6) is 0 Å². The zero-order valence-corrected chi connectivity index (χ0v) is 11.7. The second-order valence-electron chi connectivity index (χ2n) is 3.94. The largest absolute Gasteiger partial charge is 0.373 e. The van der Waals surface area contributed by atoms with Crippen molar-refractivity contribution in [2.45, 2.75) is 31.0 Å². The summed E-state index contributed by atoms with van der Waals surface area (Å²) in [4.78, 5) is 17.2. The third-order valence-corrected chi connectivity index (χ3v) is 3.39. The van der Waals surface area contributed by atoms with Gasteiger partial charge in [0.25, 0.3) is 0 Å². The van der Waals surface area contributed by atoms with Crippen molar-refractivity contribution in [2.24, 2.45) is 0 Å². The van der Waals surface area contributed by atoms with Gasteiger partial charge in [0.15, 0.2) is 5.16 Å². The Bertz CT molecular complexity index is 550. The van der Waals surface area contributed by atoms with Crippen LogP contribution in [0.4, 0.5) is 5.82 Å². The Balaban J connectivity index is 2.34. The summed E-state index contributed by atoms with van der Waals surface area (Å²) in [5, 5.41) is 4.63. The van der Waals surface area contributed by atoms with Gasteiger partial charge in [0, 0.05) is 24.0 Å². The normalized spacial score (nSPS) is 10.4. The first kappa shape index (κ1) is 12.8. The maximum absolute atomic E-state index is 4.40. The molecule has 0 saturated carbocycles. The number of rotatable bonds is 3. The minimum absolute atomic E-state index is 0.719. The van der Waals surface area contributed by atoms with E-state index in [0.717, 1.165) is 33.0 Å². The van der Waals surface area contributed by atoms with Gasteiger partial charge in [0.2, 0.25) is 0 Å². The van der Waals surface area contributed by atoms with Crippen molar-refractivity contribution in [3.05, 3.63) is 29.3 Å². The molecule has 0 radical (unpaired) electrons. The highest BCUT2D eigenvalue weighted by atomic mass is 32.2. The van der Waals surface area contributed by atoms with Crippen LogP contribution in [0.25, 0.3) is 0 Å². The highest BCUT2D eigenvalue weighted by molar-refractivity contribution is 7.99. The van der Waals surface area contributed by atoms with Gasteiger partial charge >= 0.3 is 0 Å². The molecule has 5 nitrogen and oxygen atoms in total. The van der Waals surface area contributed by atoms with E-state index in [2.05, 4.69) is 25.3 Å². The molecule has 0 spiro atoms. The van der Waals surface area contributed by atoms with Gasteiger partial charge in [0.1, 0.15) is 17.2 Å². The predicted octanol–water partition coefficient (Wildman–Crippen LogP) is 2.38. The molecule has 2 heterocycles. The van der Waals surface area contributed by atoms with E-state index in [9.17, 15) is 0 Å². The number of nitrogens with zero attached hydrogens (tertiary/aromatic N) is 4. The lowest BCUT2D eigenvalue weighted by molar-refractivity contribution is 0.894. The highest BCUT2D eigenvalue weighted by Crippen LogP contribution is 2.28. The van der Waals surface area contributed by atoms with E-state index in [-0.39, 0.29) is 0 Å². The number of aromatic nitrogens is 4. The van der Waals surface area contributed by atoms with Crippen LogP contribution in [0.15, 0.2) is 22.6 Å². The smallest absolute Gasteiger partial charge is 0.194 e. The Morgan fingerprint density at radius 2 is 1.72 bits per heavy atom. The Kier molecular flexibility index (Phi) is 3.76. The van der Waals surface area contributed by atoms with Crippen molar-refractivity contribution in [3.63, 3.8) is 0 Å². The monoisotopic (exact) mass is 261 g/mol. The number of anilines is 1.